The second kappa shape index (κ2) is 7.09. The summed E-state index contributed by atoms with van der Waals surface area (Å²) in [4.78, 5) is 40.8. The molecule has 0 aliphatic carbocycles. The first kappa shape index (κ1) is 18.4. The molecule has 0 saturated carbocycles. The summed E-state index contributed by atoms with van der Waals surface area (Å²) >= 11 is 3.18. The number of likely N-dealkylation sites (tertiary alicyclic amines) is 1. The Hall–Kier alpha value is -1.38. The van der Waals surface area contributed by atoms with E-state index in [0.717, 1.165) is 10.6 Å². The molecule has 8 heteroatoms. The number of thiophene rings is 1. The van der Waals surface area contributed by atoms with Crippen molar-refractivity contribution in [1.82, 2.24) is 4.90 Å². The SMILES string of the molecule is CCOC(=O)[C@@]1(CCSC)[NH2+][C@@H](c2cccs2)[C@H]2C(=O)N(C)C(=O)[C@@H]21. The topological polar surface area (TPSA) is 80.3 Å². The highest BCUT2D eigenvalue weighted by atomic mass is 32.2. The van der Waals surface area contributed by atoms with Crippen LogP contribution in [0, 0.1) is 11.8 Å². The first-order valence-corrected chi connectivity index (χ1v) is 10.6. The highest BCUT2D eigenvalue weighted by Gasteiger charge is 2.71. The summed E-state index contributed by atoms with van der Waals surface area (Å²) < 4.78 is 5.36. The molecule has 0 radical (unpaired) electrons. The van der Waals surface area contributed by atoms with Gasteiger partial charge in [-0.15, -0.1) is 11.3 Å². The smallest absolute Gasteiger partial charge is 0.368 e. The molecule has 136 valence electrons. The van der Waals surface area contributed by atoms with E-state index in [0.29, 0.717) is 6.42 Å². The molecule has 0 aromatic carbocycles. The van der Waals surface area contributed by atoms with Crippen molar-refractivity contribution < 1.29 is 24.4 Å². The van der Waals surface area contributed by atoms with Gasteiger partial charge in [-0.3, -0.25) is 14.5 Å². The summed E-state index contributed by atoms with van der Waals surface area (Å²) in [5, 5.41) is 3.89. The maximum atomic E-state index is 12.9. The van der Waals surface area contributed by atoms with E-state index in [1.54, 1.807) is 30.0 Å². The van der Waals surface area contributed by atoms with Gasteiger partial charge in [0.1, 0.15) is 17.9 Å². The predicted molar refractivity (Wildman–Crippen MR) is 96.1 cm³/mol. The number of quaternary nitrogens is 1. The van der Waals surface area contributed by atoms with Gasteiger partial charge in [-0.1, -0.05) is 6.07 Å². The van der Waals surface area contributed by atoms with Crippen molar-refractivity contribution in [3.63, 3.8) is 0 Å². The van der Waals surface area contributed by atoms with Crippen molar-refractivity contribution in [1.29, 1.82) is 0 Å². The van der Waals surface area contributed by atoms with Gasteiger partial charge in [-0.2, -0.15) is 11.8 Å². The monoisotopic (exact) mass is 383 g/mol. The Balaban J connectivity index is 2.09. The summed E-state index contributed by atoms with van der Waals surface area (Å²) in [6.45, 7) is 2.02. The molecule has 6 nitrogen and oxygen atoms in total. The molecule has 2 fully saturated rings. The van der Waals surface area contributed by atoms with Gasteiger partial charge >= 0.3 is 5.97 Å². The van der Waals surface area contributed by atoms with Crippen LogP contribution < -0.4 is 5.32 Å². The fraction of sp³-hybridized carbons (Fsp3) is 0.588. The number of fused-ring (bicyclic) bond motifs is 1. The fourth-order valence-electron chi connectivity index (χ4n) is 4.08. The number of hydrogen-bond acceptors (Lipinski definition) is 6. The van der Waals surface area contributed by atoms with Gasteiger partial charge in [-0.05, 0) is 30.4 Å². The van der Waals surface area contributed by atoms with E-state index in [-0.39, 0.29) is 30.4 Å². The highest BCUT2D eigenvalue weighted by Crippen LogP contribution is 2.46. The third-order valence-corrected chi connectivity index (χ3v) is 6.82. The molecule has 25 heavy (non-hydrogen) atoms. The number of nitrogens with zero attached hydrogens (tertiary/aromatic N) is 1. The molecule has 2 amide bonds. The lowest BCUT2D eigenvalue weighted by atomic mass is 9.78. The summed E-state index contributed by atoms with van der Waals surface area (Å²) in [5.74, 6) is -1.29. The molecule has 4 atom stereocenters. The summed E-state index contributed by atoms with van der Waals surface area (Å²) in [5.41, 5.74) is -1.03. The molecule has 3 heterocycles. The van der Waals surface area contributed by atoms with Crippen LogP contribution in [0.2, 0.25) is 0 Å². The second-order valence-corrected chi connectivity index (χ2v) is 8.42. The fourth-order valence-corrected chi connectivity index (χ4v) is 5.46. The predicted octanol–water partition coefficient (Wildman–Crippen LogP) is 0.652. The average molecular weight is 384 g/mol. The first-order chi connectivity index (χ1) is 12.0. The molecule has 0 bridgehead atoms. The molecular formula is C17H23N2O4S2+. The van der Waals surface area contributed by atoms with Crippen molar-refractivity contribution >= 4 is 40.9 Å². The standard InChI is InChI=1S/C17H22N2O4S2/c1-4-23-16(22)17(7-9-24-3)12-11(14(20)19(2)15(12)21)13(18-17)10-6-5-8-25-10/h5-6,8,11-13,18H,4,7,9H2,1-3H3/p+1/t11-,12+,13-,17-/m0/s1. The van der Waals surface area contributed by atoms with Gasteiger partial charge in [0.15, 0.2) is 0 Å². The van der Waals surface area contributed by atoms with Crippen molar-refractivity contribution in [2.45, 2.75) is 24.9 Å². The number of esters is 1. The second-order valence-electron chi connectivity index (χ2n) is 6.45. The van der Waals surface area contributed by atoms with E-state index in [2.05, 4.69) is 0 Å². The first-order valence-electron chi connectivity index (χ1n) is 8.35. The van der Waals surface area contributed by atoms with Gasteiger partial charge in [0.2, 0.25) is 17.4 Å². The van der Waals surface area contributed by atoms with Crippen LogP contribution in [0.15, 0.2) is 17.5 Å². The molecule has 2 saturated heterocycles. The number of hydrogen-bond donors (Lipinski definition) is 1. The Labute approximate surface area is 155 Å². The molecule has 2 N–H and O–H groups in total. The molecule has 1 aromatic rings. The van der Waals surface area contributed by atoms with Crippen molar-refractivity contribution in [3.8, 4) is 0 Å². The Kier molecular flexibility index (Phi) is 5.22. The van der Waals surface area contributed by atoms with Gasteiger partial charge in [0.05, 0.1) is 11.5 Å². The van der Waals surface area contributed by atoms with Crippen molar-refractivity contribution in [2.75, 3.05) is 25.7 Å². The number of rotatable bonds is 6. The lowest BCUT2D eigenvalue weighted by molar-refractivity contribution is -0.734. The quantitative estimate of drug-likeness (QED) is 0.576. The number of carbonyl (C=O) groups excluding carboxylic acids is 3. The zero-order chi connectivity index (χ0) is 18.2. The van der Waals surface area contributed by atoms with E-state index in [1.807, 2.05) is 29.1 Å². The Bertz CT molecular complexity index is 678. The van der Waals surface area contributed by atoms with E-state index in [1.165, 1.54) is 11.9 Å². The summed E-state index contributed by atoms with van der Waals surface area (Å²) in [7, 11) is 1.51. The van der Waals surface area contributed by atoms with Crippen LogP contribution in [0.5, 0.6) is 0 Å². The largest absolute Gasteiger partial charge is 0.461 e. The van der Waals surface area contributed by atoms with Crippen LogP contribution in [0.4, 0.5) is 0 Å². The summed E-state index contributed by atoms with van der Waals surface area (Å²) in [6.07, 6.45) is 2.47. The Morgan fingerprint density at radius 3 is 2.80 bits per heavy atom. The number of carbonyl (C=O) groups is 3. The lowest BCUT2D eigenvalue weighted by Crippen LogP contribution is -2.98. The van der Waals surface area contributed by atoms with Gasteiger partial charge in [-0.25, -0.2) is 4.79 Å². The minimum Gasteiger partial charge on any atom is -0.461 e. The normalized spacial score (nSPS) is 31.5. The number of ether oxygens (including phenoxy) is 1. The zero-order valence-electron chi connectivity index (χ0n) is 14.6. The van der Waals surface area contributed by atoms with Gasteiger partial charge < -0.3 is 10.1 Å². The van der Waals surface area contributed by atoms with E-state index in [4.69, 9.17) is 4.74 Å². The molecule has 0 spiro atoms. The molecule has 3 rings (SSSR count). The third-order valence-electron chi connectivity index (χ3n) is 5.24. The van der Waals surface area contributed by atoms with Crippen LogP contribution in [-0.2, 0) is 19.1 Å². The third kappa shape index (κ3) is 2.80. The maximum absolute atomic E-state index is 12.9. The molecule has 1 aromatic heterocycles. The number of amides is 2. The van der Waals surface area contributed by atoms with Crippen LogP contribution in [-0.4, -0.2) is 53.9 Å². The van der Waals surface area contributed by atoms with Crippen LogP contribution in [0.25, 0.3) is 0 Å². The van der Waals surface area contributed by atoms with Crippen LogP contribution >= 0.6 is 23.1 Å². The molecule has 2 aliphatic rings. The zero-order valence-corrected chi connectivity index (χ0v) is 16.2. The summed E-state index contributed by atoms with van der Waals surface area (Å²) in [6, 6.07) is 3.67. The van der Waals surface area contributed by atoms with Gasteiger partial charge in [0.25, 0.3) is 0 Å². The molecule has 0 unspecified atom stereocenters. The Morgan fingerprint density at radius 1 is 1.44 bits per heavy atom. The molecule has 2 aliphatic heterocycles. The maximum Gasteiger partial charge on any atom is 0.368 e. The average Bonchev–Trinajstić information content (AvgIpc) is 3.28. The number of thioether (sulfide) groups is 1. The van der Waals surface area contributed by atoms with E-state index >= 15 is 0 Å². The Morgan fingerprint density at radius 2 is 2.20 bits per heavy atom. The van der Waals surface area contributed by atoms with Crippen LogP contribution in [0.1, 0.15) is 24.3 Å². The number of imide groups is 1. The van der Waals surface area contributed by atoms with Crippen LogP contribution in [0.3, 0.4) is 0 Å². The van der Waals surface area contributed by atoms with E-state index in [9.17, 15) is 14.4 Å². The van der Waals surface area contributed by atoms with Gasteiger partial charge in [0, 0.05) is 13.5 Å². The highest BCUT2D eigenvalue weighted by molar-refractivity contribution is 7.98. The lowest BCUT2D eigenvalue weighted by Gasteiger charge is -2.28. The minimum atomic E-state index is -1.03. The minimum absolute atomic E-state index is 0.194. The van der Waals surface area contributed by atoms with Crippen molar-refractivity contribution in [2.24, 2.45) is 11.8 Å². The molecular weight excluding hydrogens is 360 g/mol. The van der Waals surface area contributed by atoms with Crippen molar-refractivity contribution in [3.05, 3.63) is 22.4 Å². The van der Waals surface area contributed by atoms with E-state index < -0.39 is 17.4 Å². The number of nitrogens with two attached hydrogens (primary N) is 1.